The zero-order valence-corrected chi connectivity index (χ0v) is 16.7. The molecular formula is C22H26N4O3. The lowest BCUT2D eigenvalue weighted by molar-refractivity contribution is -0.136. The molecule has 0 radical (unpaired) electrons. The molecule has 1 unspecified atom stereocenters. The van der Waals surface area contributed by atoms with Crippen molar-refractivity contribution in [1.82, 2.24) is 14.8 Å². The fourth-order valence-electron chi connectivity index (χ4n) is 4.04. The molecular weight excluding hydrogens is 368 g/mol. The number of carbonyl (C=O) groups excluding carboxylic acids is 2. The van der Waals surface area contributed by atoms with E-state index in [4.69, 9.17) is 4.74 Å². The second kappa shape index (κ2) is 8.51. The first-order valence-corrected chi connectivity index (χ1v) is 9.98. The van der Waals surface area contributed by atoms with E-state index in [0.29, 0.717) is 32.6 Å². The Morgan fingerprint density at radius 1 is 1.07 bits per heavy atom. The van der Waals surface area contributed by atoms with Gasteiger partial charge in [0, 0.05) is 63.8 Å². The monoisotopic (exact) mass is 394 g/mol. The number of hydrogen-bond acceptors (Lipinski definition) is 5. The van der Waals surface area contributed by atoms with Gasteiger partial charge in [-0.25, -0.2) is 0 Å². The number of nitrogens with zero attached hydrogens (tertiary/aromatic N) is 4. The quantitative estimate of drug-likeness (QED) is 0.774. The van der Waals surface area contributed by atoms with Crippen LogP contribution in [-0.4, -0.2) is 66.4 Å². The third kappa shape index (κ3) is 4.34. The summed E-state index contributed by atoms with van der Waals surface area (Å²) >= 11 is 0. The van der Waals surface area contributed by atoms with Crippen LogP contribution >= 0.6 is 0 Å². The largest absolute Gasteiger partial charge is 0.497 e. The smallest absolute Gasteiger partial charge is 0.228 e. The molecule has 1 atom stereocenters. The zero-order valence-electron chi connectivity index (χ0n) is 16.7. The van der Waals surface area contributed by atoms with Crippen LogP contribution in [0.25, 0.3) is 0 Å². The maximum Gasteiger partial charge on any atom is 0.228 e. The van der Waals surface area contributed by atoms with Gasteiger partial charge in [0.2, 0.25) is 11.8 Å². The highest BCUT2D eigenvalue weighted by Gasteiger charge is 2.37. The van der Waals surface area contributed by atoms with E-state index in [1.54, 1.807) is 24.4 Å². The molecule has 2 aliphatic rings. The molecule has 0 bridgehead atoms. The minimum absolute atomic E-state index is 0.0528. The molecule has 4 rings (SSSR count). The van der Waals surface area contributed by atoms with E-state index in [2.05, 4.69) is 9.88 Å². The number of methoxy groups -OCH3 is 1. The van der Waals surface area contributed by atoms with E-state index in [0.717, 1.165) is 30.1 Å². The van der Waals surface area contributed by atoms with Crippen molar-refractivity contribution < 1.29 is 14.3 Å². The maximum atomic E-state index is 13.0. The fourth-order valence-corrected chi connectivity index (χ4v) is 4.04. The maximum absolute atomic E-state index is 13.0. The SMILES string of the molecule is COc1ccc(N2CCN(C(=O)C3CC(=O)N(Cc4ccncc4)C3)CC2)cc1. The number of likely N-dealkylation sites (tertiary alicyclic amines) is 1. The average molecular weight is 394 g/mol. The number of piperazine rings is 1. The molecule has 2 amide bonds. The van der Waals surface area contributed by atoms with Crippen LogP contribution in [-0.2, 0) is 16.1 Å². The Hall–Kier alpha value is -3.09. The van der Waals surface area contributed by atoms with E-state index < -0.39 is 0 Å². The summed E-state index contributed by atoms with van der Waals surface area (Å²) in [6.45, 7) is 3.98. The molecule has 2 aliphatic heterocycles. The minimum atomic E-state index is -0.239. The molecule has 1 aromatic carbocycles. The first-order chi connectivity index (χ1) is 14.1. The predicted molar refractivity (Wildman–Crippen MR) is 110 cm³/mol. The lowest BCUT2D eigenvalue weighted by Gasteiger charge is -2.37. The van der Waals surface area contributed by atoms with Crippen molar-refractivity contribution in [2.75, 3.05) is 44.7 Å². The van der Waals surface area contributed by atoms with Crippen LogP contribution < -0.4 is 9.64 Å². The summed E-state index contributed by atoms with van der Waals surface area (Å²) < 4.78 is 5.21. The number of carbonyl (C=O) groups is 2. The molecule has 2 saturated heterocycles. The molecule has 7 nitrogen and oxygen atoms in total. The minimum Gasteiger partial charge on any atom is -0.497 e. The molecule has 29 heavy (non-hydrogen) atoms. The summed E-state index contributed by atoms with van der Waals surface area (Å²) in [5.41, 5.74) is 2.17. The first kappa shape index (κ1) is 19.2. The van der Waals surface area contributed by atoms with E-state index >= 15 is 0 Å². The van der Waals surface area contributed by atoms with Crippen molar-refractivity contribution in [1.29, 1.82) is 0 Å². The molecule has 2 fully saturated rings. The Morgan fingerprint density at radius 3 is 2.41 bits per heavy atom. The summed E-state index contributed by atoms with van der Waals surface area (Å²) in [6, 6.07) is 11.8. The van der Waals surface area contributed by atoms with Crippen LogP contribution in [0.4, 0.5) is 5.69 Å². The van der Waals surface area contributed by atoms with Gasteiger partial charge in [-0.2, -0.15) is 0 Å². The Kier molecular flexibility index (Phi) is 5.64. The molecule has 152 valence electrons. The van der Waals surface area contributed by atoms with Gasteiger partial charge in [0.25, 0.3) is 0 Å². The van der Waals surface area contributed by atoms with Crippen LogP contribution in [0.5, 0.6) is 5.75 Å². The number of benzene rings is 1. The van der Waals surface area contributed by atoms with Crippen LogP contribution in [0, 0.1) is 5.92 Å². The van der Waals surface area contributed by atoms with Crippen molar-refractivity contribution in [3.63, 3.8) is 0 Å². The van der Waals surface area contributed by atoms with Gasteiger partial charge in [-0.3, -0.25) is 14.6 Å². The molecule has 0 spiro atoms. The van der Waals surface area contributed by atoms with Crippen LogP contribution in [0.2, 0.25) is 0 Å². The highest BCUT2D eigenvalue weighted by atomic mass is 16.5. The number of anilines is 1. The normalized spacial score (nSPS) is 19.6. The molecule has 0 saturated carbocycles. The van der Waals surface area contributed by atoms with E-state index in [1.807, 2.05) is 41.3 Å². The summed E-state index contributed by atoms with van der Waals surface area (Å²) in [6.07, 6.45) is 3.75. The van der Waals surface area contributed by atoms with Gasteiger partial charge in [0.05, 0.1) is 13.0 Å². The van der Waals surface area contributed by atoms with Gasteiger partial charge in [-0.05, 0) is 42.0 Å². The lowest BCUT2D eigenvalue weighted by Crippen LogP contribution is -2.50. The van der Waals surface area contributed by atoms with E-state index in [9.17, 15) is 9.59 Å². The Labute approximate surface area is 170 Å². The molecule has 0 N–H and O–H groups in total. The third-order valence-corrected chi connectivity index (χ3v) is 5.72. The van der Waals surface area contributed by atoms with Crippen molar-refractivity contribution in [2.45, 2.75) is 13.0 Å². The van der Waals surface area contributed by atoms with Gasteiger partial charge >= 0.3 is 0 Å². The van der Waals surface area contributed by atoms with Gasteiger partial charge < -0.3 is 19.4 Å². The summed E-state index contributed by atoms with van der Waals surface area (Å²) in [5.74, 6) is 0.753. The zero-order chi connectivity index (χ0) is 20.2. The number of aromatic nitrogens is 1. The first-order valence-electron chi connectivity index (χ1n) is 9.98. The molecule has 7 heteroatoms. The van der Waals surface area contributed by atoms with Crippen molar-refractivity contribution in [2.24, 2.45) is 5.92 Å². The molecule has 1 aromatic heterocycles. The van der Waals surface area contributed by atoms with Crippen molar-refractivity contribution >= 4 is 17.5 Å². The second-order valence-corrected chi connectivity index (χ2v) is 7.54. The number of pyridine rings is 1. The predicted octanol–water partition coefficient (Wildman–Crippen LogP) is 1.79. The van der Waals surface area contributed by atoms with Crippen LogP contribution in [0.3, 0.4) is 0 Å². The summed E-state index contributed by atoms with van der Waals surface area (Å²) in [5, 5.41) is 0. The van der Waals surface area contributed by atoms with Crippen molar-refractivity contribution in [3.05, 3.63) is 54.4 Å². The fraction of sp³-hybridized carbons (Fsp3) is 0.409. The number of rotatable bonds is 5. The van der Waals surface area contributed by atoms with Gasteiger partial charge in [0.1, 0.15) is 5.75 Å². The Bertz CT molecular complexity index is 848. The van der Waals surface area contributed by atoms with E-state index in [1.165, 1.54) is 0 Å². The molecule has 0 aliphatic carbocycles. The van der Waals surface area contributed by atoms with E-state index in [-0.39, 0.29) is 17.7 Å². The highest BCUT2D eigenvalue weighted by Crippen LogP contribution is 2.24. The van der Waals surface area contributed by atoms with Gasteiger partial charge in [-0.1, -0.05) is 0 Å². The molecule has 2 aromatic rings. The highest BCUT2D eigenvalue weighted by molar-refractivity contribution is 5.89. The Balaban J connectivity index is 1.31. The lowest BCUT2D eigenvalue weighted by atomic mass is 10.1. The Morgan fingerprint density at radius 2 is 1.76 bits per heavy atom. The van der Waals surface area contributed by atoms with Crippen molar-refractivity contribution in [3.8, 4) is 5.75 Å². The van der Waals surface area contributed by atoms with Crippen LogP contribution in [0.15, 0.2) is 48.8 Å². The third-order valence-electron chi connectivity index (χ3n) is 5.72. The number of hydrogen-bond donors (Lipinski definition) is 0. The van der Waals surface area contributed by atoms with Crippen LogP contribution in [0.1, 0.15) is 12.0 Å². The standard InChI is InChI=1S/C22H26N4O3/c1-29-20-4-2-19(3-5-20)24-10-12-25(13-11-24)22(28)18-14-21(27)26(16-18)15-17-6-8-23-9-7-17/h2-9,18H,10-16H2,1H3. The molecule has 3 heterocycles. The second-order valence-electron chi connectivity index (χ2n) is 7.54. The average Bonchev–Trinajstić information content (AvgIpc) is 3.14. The summed E-state index contributed by atoms with van der Waals surface area (Å²) in [7, 11) is 1.66. The summed E-state index contributed by atoms with van der Waals surface area (Å²) in [4.78, 5) is 35.3. The van der Waals surface area contributed by atoms with Gasteiger partial charge in [-0.15, -0.1) is 0 Å². The number of ether oxygens (including phenoxy) is 1. The number of amides is 2. The topological polar surface area (TPSA) is 66.0 Å². The van der Waals surface area contributed by atoms with Gasteiger partial charge in [0.15, 0.2) is 0 Å².